The highest BCUT2D eigenvalue weighted by atomic mass is 16.5. The number of nitrogens with two attached hydrogens (primary N) is 2. The van der Waals surface area contributed by atoms with Gasteiger partial charge in [-0.3, -0.25) is 0 Å². The molecule has 0 fully saturated rings. The van der Waals surface area contributed by atoms with Gasteiger partial charge in [0.2, 0.25) is 0 Å². The second kappa shape index (κ2) is 10.7. The summed E-state index contributed by atoms with van der Waals surface area (Å²) in [5.74, 6) is 3.25. The van der Waals surface area contributed by atoms with Crippen molar-refractivity contribution in [2.75, 3.05) is 12.3 Å². The molecule has 1 aliphatic carbocycles. The van der Waals surface area contributed by atoms with E-state index < -0.39 is 0 Å². The topological polar surface area (TPSA) is 70.5 Å². The maximum atomic E-state index is 6.02. The third-order valence-corrected chi connectivity index (χ3v) is 5.43. The quantitative estimate of drug-likeness (QED) is 0.299. The monoisotopic (exact) mass is 428 g/mol. The molecule has 166 valence electrons. The van der Waals surface area contributed by atoms with E-state index in [0.29, 0.717) is 6.54 Å². The summed E-state index contributed by atoms with van der Waals surface area (Å²) in [5.41, 5.74) is 14.3. The Labute approximate surface area is 191 Å². The van der Waals surface area contributed by atoms with Crippen LogP contribution < -0.4 is 20.9 Å². The van der Waals surface area contributed by atoms with Gasteiger partial charge in [0.15, 0.2) is 0 Å². The number of hydrogen-bond acceptors (Lipinski definition) is 4. The highest BCUT2D eigenvalue weighted by Gasteiger charge is 2.24. The molecular formula is C28H32N2O2. The van der Waals surface area contributed by atoms with Gasteiger partial charge in [-0.25, -0.2) is 0 Å². The first-order valence-corrected chi connectivity index (χ1v) is 10.8. The van der Waals surface area contributed by atoms with Gasteiger partial charge in [-0.05, 0) is 72.7 Å². The van der Waals surface area contributed by atoms with E-state index >= 15 is 0 Å². The van der Waals surface area contributed by atoms with Crippen LogP contribution in [-0.4, -0.2) is 6.54 Å². The molecule has 2 aromatic carbocycles. The van der Waals surface area contributed by atoms with E-state index in [4.69, 9.17) is 20.9 Å². The molecule has 0 aromatic heterocycles. The molecule has 2 aromatic rings. The maximum Gasteiger partial charge on any atom is 0.127 e. The van der Waals surface area contributed by atoms with Crippen LogP contribution in [0.4, 0.5) is 5.69 Å². The molecule has 4 heteroatoms. The second-order valence-electron chi connectivity index (χ2n) is 8.11. The van der Waals surface area contributed by atoms with E-state index in [1.807, 2.05) is 67.6 Å². The number of benzene rings is 2. The van der Waals surface area contributed by atoms with Gasteiger partial charge in [0, 0.05) is 24.1 Å². The van der Waals surface area contributed by atoms with E-state index in [1.54, 1.807) is 0 Å². The molecule has 0 aliphatic heterocycles. The average molecular weight is 429 g/mol. The van der Waals surface area contributed by atoms with Crippen LogP contribution in [0.5, 0.6) is 11.5 Å². The molecule has 0 amide bonds. The first-order chi connectivity index (χ1) is 15.4. The summed E-state index contributed by atoms with van der Waals surface area (Å²) in [6.07, 6.45) is 14.9. The normalized spacial score (nSPS) is 14.7. The number of allylic oxidation sites excluding steroid dienone is 7. The molecular weight excluding hydrogens is 396 g/mol. The molecule has 32 heavy (non-hydrogen) atoms. The van der Waals surface area contributed by atoms with Gasteiger partial charge in [0.25, 0.3) is 0 Å². The van der Waals surface area contributed by atoms with Gasteiger partial charge in [-0.15, -0.1) is 0 Å². The fourth-order valence-electron chi connectivity index (χ4n) is 3.40. The van der Waals surface area contributed by atoms with Gasteiger partial charge < -0.3 is 20.9 Å². The van der Waals surface area contributed by atoms with Crippen molar-refractivity contribution in [3.8, 4) is 11.5 Å². The lowest BCUT2D eigenvalue weighted by molar-refractivity contribution is 0.416. The molecule has 3 rings (SSSR count). The van der Waals surface area contributed by atoms with Crippen molar-refractivity contribution < 1.29 is 9.47 Å². The molecule has 1 aliphatic rings. The van der Waals surface area contributed by atoms with Crippen LogP contribution in [0.1, 0.15) is 32.8 Å². The molecule has 4 nitrogen and oxygen atoms in total. The Balaban J connectivity index is 1.74. The third kappa shape index (κ3) is 6.02. The summed E-state index contributed by atoms with van der Waals surface area (Å²) in [6, 6.07) is 15.7. The fourth-order valence-corrected chi connectivity index (χ4v) is 3.40. The Morgan fingerprint density at radius 1 is 1.00 bits per heavy atom. The number of rotatable bonds is 8. The van der Waals surface area contributed by atoms with E-state index in [1.165, 1.54) is 11.1 Å². The summed E-state index contributed by atoms with van der Waals surface area (Å²) in [6.45, 7) is 6.87. The standard InChI is InChI=1S/C28H32N2O2/c1-4-24(9-6-20-29)31-26-16-11-22(12-17-26)28(2,3)21-7-5-8-25(15-10-21)32-27-18-13-23(30)14-19-27/h4-7,9-19H,8,20,29-30H2,1-3H3/b9-6-,24-4+. The van der Waals surface area contributed by atoms with Crippen LogP contribution in [0.15, 0.2) is 108 Å². The SMILES string of the molecule is C/C=C(\C=C/CN)Oc1ccc(C(C)(C)C2=CC=C(Oc3ccc(N)cc3)CC=C2)cc1. The van der Waals surface area contributed by atoms with Crippen LogP contribution in [0.25, 0.3) is 0 Å². The molecule has 0 bridgehead atoms. The van der Waals surface area contributed by atoms with E-state index in [2.05, 4.69) is 44.2 Å². The molecule has 0 atom stereocenters. The van der Waals surface area contributed by atoms with Gasteiger partial charge in [0.1, 0.15) is 23.0 Å². The Hall–Kier alpha value is -3.50. The minimum atomic E-state index is -0.176. The summed E-state index contributed by atoms with van der Waals surface area (Å²) in [4.78, 5) is 0. The average Bonchev–Trinajstić information content (AvgIpc) is 3.04. The Morgan fingerprint density at radius 3 is 2.34 bits per heavy atom. The number of ether oxygens (including phenoxy) is 2. The maximum absolute atomic E-state index is 6.02. The Morgan fingerprint density at radius 2 is 1.69 bits per heavy atom. The van der Waals surface area contributed by atoms with Crippen molar-refractivity contribution in [1.29, 1.82) is 0 Å². The lowest BCUT2D eigenvalue weighted by atomic mass is 9.77. The van der Waals surface area contributed by atoms with Crippen LogP contribution in [-0.2, 0) is 5.41 Å². The predicted octanol–water partition coefficient (Wildman–Crippen LogP) is 6.19. The summed E-state index contributed by atoms with van der Waals surface area (Å²) in [5, 5.41) is 0. The van der Waals surface area contributed by atoms with Crippen LogP contribution in [0, 0.1) is 0 Å². The largest absolute Gasteiger partial charge is 0.461 e. The van der Waals surface area contributed by atoms with Crippen LogP contribution in [0.2, 0.25) is 0 Å². The lowest BCUT2D eigenvalue weighted by Gasteiger charge is -2.27. The van der Waals surface area contributed by atoms with Crippen molar-refractivity contribution in [3.63, 3.8) is 0 Å². The van der Waals surface area contributed by atoms with E-state index in [-0.39, 0.29) is 5.41 Å². The van der Waals surface area contributed by atoms with E-state index in [0.717, 1.165) is 35.1 Å². The summed E-state index contributed by atoms with van der Waals surface area (Å²) < 4.78 is 12.0. The van der Waals surface area contributed by atoms with Crippen molar-refractivity contribution in [3.05, 3.63) is 114 Å². The smallest absolute Gasteiger partial charge is 0.127 e. The Bertz CT molecular complexity index is 1050. The molecule has 0 unspecified atom stereocenters. The number of nitrogen functional groups attached to an aromatic ring is 1. The molecule has 0 spiro atoms. The molecule has 4 N–H and O–H groups in total. The fraction of sp³-hybridized carbons (Fsp3) is 0.214. The van der Waals surface area contributed by atoms with E-state index in [9.17, 15) is 0 Å². The van der Waals surface area contributed by atoms with Crippen molar-refractivity contribution in [2.24, 2.45) is 5.73 Å². The van der Waals surface area contributed by atoms with Gasteiger partial charge in [0.05, 0.1) is 0 Å². The number of hydrogen-bond donors (Lipinski definition) is 2. The first-order valence-electron chi connectivity index (χ1n) is 10.8. The highest BCUT2D eigenvalue weighted by Crippen LogP contribution is 2.35. The highest BCUT2D eigenvalue weighted by molar-refractivity contribution is 5.46. The number of anilines is 1. The minimum Gasteiger partial charge on any atom is -0.461 e. The third-order valence-electron chi connectivity index (χ3n) is 5.43. The van der Waals surface area contributed by atoms with Crippen molar-refractivity contribution in [2.45, 2.75) is 32.6 Å². The molecule has 0 radical (unpaired) electrons. The zero-order valence-electron chi connectivity index (χ0n) is 19.0. The van der Waals surface area contributed by atoms with Crippen molar-refractivity contribution in [1.82, 2.24) is 0 Å². The van der Waals surface area contributed by atoms with Crippen LogP contribution in [0.3, 0.4) is 0 Å². The summed E-state index contributed by atoms with van der Waals surface area (Å²) >= 11 is 0. The Kier molecular flexibility index (Phi) is 7.74. The zero-order valence-corrected chi connectivity index (χ0v) is 19.0. The predicted molar refractivity (Wildman–Crippen MR) is 133 cm³/mol. The molecule has 0 heterocycles. The van der Waals surface area contributed by atoms with Gasteiger partial charge >= 0.3 is 0 Å². The summed E-state index contributed by atoms with van der Waals surface area (Å²) in [7, 11) is 0. The molecule has 0 saturated carbocycles. The lowest BCUT2D eigenvalue weighted by Crippen LogP contribution is -2.19. The van der Waals surface area contributed by atoms with Crippen LogP contribution >= 0.6 is 0 Å². The second-order valence-corrected chi connectivity index (χ2v) is 8.11. The van der Waals surface area contributed by atoms with Crippen molar-refractivity contribution >= 4 is 5.69 Å². The molecule has 0 saturated heterocycles. The van der Waals surface area contributed by atoms with Gasteiger partial charge in [-0.1, -0.05) is 50.3 Å². The van der Waals surface area contributed by atoms with Gasteiger partial charge in [-0.2, -0.15) is 0 Å². The zero-order chi connectivity index (χ0) is 23.0. The minimum absolute atomic E-state index is 0.176. The first kappa shape index (κ1) is 23.2.